The number of nitrogens with zero attached hydrogens (tertiary/aromatic N) is 2. The number of aliphatic hydroxyl groups is 1. The molecule has 2 aliphatic heterocycles. The number of aliphatic hydroxyl groups excluding tert-OH is 1. The summed E-state index contributed by atoms with van der Waals surface area (Å²) in [4.78, 5) is 29.9. The highest BCUT2D eigenvalue weighted by atomic mass is 16.3. The van der Waals surface area contributed by atoms with Gasteiger partial charge in [0, 0.05) is 25.3 Å². The van der Waals surface area contributed by atoms with Crippen LogP contribution in [0.1, 0.15) is 30.4 Å². The minimum atomic E-state index is -0.678. The van der Waals surface area contributed by atoms with Gasteiger partial charge in [-0.3, -0.25) is 9.59 Å². The van der Waals surface area contributed by atoms with Gasteiger partial charge in [-0.2, -0.15) is 0 Å². The lowest BCUT2D eigenvalue weighted by atomic mass is 10.1. The summed E-state index contributed by atoms with van der Waals surface area (Å²) >= 11 is 0. The van der Waals surface area contributed by atoms with Gasteiger partial charge in [-0.25, -0.2) is 0 Å². The van der Waals surface area contributed by atoms with Crippen LogP contribution in [0, 0.1) is 19.8 Å². The molecule has 2 aromatic carbocycles. The molecule has 2 amide bonds. The number of nitrogens with one attached hydrogen (secondary N) is 1. The molecular weight excluding hydrogens is 378 g/mol. The van der Waals surface area contributed by atoms with Crippen LogP contribution in [0.25, 0.3) is 0 Å². The van der Waals surface area contributed by atoms with E-state index in [1.54, 1.807) is 4.90 Å². The van der Waals surface area contributed by atoms with E-state index in [0.717, 1.165) is 35.7 Å². The quantitative estimate of drug-likeness (QED) is 0.763. The van der Waals surface area contributed by atoms with Crippen molar-refractivity contribution in [1.29, 1.82) is 0 Å². The predicted octanol–water partition coefficient (Wildman–Crippen LogP) is 3.26. The number of rotatable bonds is 4. The summed E-state index contributed by atoms with van der Waals surface area (Å²) in [7, 11) is 0. The molecule has 0 radical (unpaired) electrons. The summed E-state index contributed by atoms with van der Waals surface area (Å²) in [5.74, 6) is -1.08. The van der Waals surface area contributed by atoms with Gasteiger partial charge in [-0.1, -0.05) is 18.2 Å². The van der Waals surface area contributed by atoms with Gasteiger partial charge >= 0.3 is 0 Å². The lowest BCUT2D eigenvalue weighted by Gasteiger charge is -2.32. The molecule has 2 aliphatic rings. The molecule has 30 heavy (non-hydrogen) atoms. The maximum atomic E-state index is 13.0. The van der Waals surface area contributed by atoms with Crippen molar-refractivity contribution in [3.05, 3.63) is 53.6 Å². The van der Waals surface area contributed by atoms with Crippen molar-refractivity contribution in [3.63, 3.8) is 0 Å². The Labute approximate surface area is 177 Å². The van der Waals surface area contributed by atoms with Gasteiger partial charge < -0.3 is 20.2 Å². The first-order valence-electron chi connectivity index (χ1n) is 10.7. The number of amides is 2. The minimum Gasteiger partial charge on any atom is -0.393 e. The molecule has 2 aromatic rings. The summed E-state index contributed by atoms with van der Waals surface area (Å²) in [6.45, 7) is 6.11. The van der Waals surface area contributed by atoms with E-state index in [1.165, 1.54) is 5.56 Å². The summed E-state index contributed by atoms with van der Waals surface area (Å²) < 4.78 is 0. The molecule has 158 valence electrons. The van der Waals surface area contributed by atoms with Crippen LogP contribution in [0.4, 0.5) is 17.1 Å². The van der Waals surface area contributed by atoms with Crippen molar-refractivity contribution < 1.29 is 14.7 Å². The molecule has 1 atom stereocenters. The van der Waals surface area contributed by atoms with Crippen LogP contribution in [0.15, 0.2) is 42.5 Å². The molecule has 0 bridgehead atoms. The first kappa shape index (κ1) is 20.4. The molecule has 6 nitrogen and oxygen atoms in total. The van der Waals surface area contributed by atoms with Gasteiger partial charge in [0.25, 0.3) is 0 Å². The number of piperidine rings is 1. The summed E-state index contributed by atoms with van der Waals surface area (Å²) in [5, 5.41) is 12.8. The van der Waals surface area contributed by atoms with E-state index in [-0.39, 0.29) is 17.9 Å². The average molecular weight is 408 g/mol. The smallest absolute Gasteiger partial charge is 0.239 e. The van der Waals surface area contributed by atoms with Gasteiger partial charge in [-0.15, -0.1) is 0 Å². The Hall–Kier alpha value is -2.86. The van der Waals surface area contributed by atoms with Crippen molar-refractivity contribution in [2.75, 3.05) is 34.8 Å². The molecule has 0 aliphatic carbocycles. The number of anilines is 3. The number of para-hydroxylation sites is 2. The van der Waals surface area contributed by atoms with Crippen LogP contribution < -0.4 is 15.1 Å². The number of carbonyl (C=O) groups is 2. The second kappa shape index (κ2) is 8.48. The zero-order valence-electron chi connectivity index (χ0n) is 17.6. The normalized spacial score (nSPS) is 20.0. The van der Waals surface area contributed by atoms with Gasteiger partial charge in [0.2, 0.25) is 11.8 Å². The molecule has 0 spiro atoms. The molecule has 1 unspecified atom stereocenters. The molecule has 4 rings (SSSR count). The van der Waals surface area contributed by atoms with Crippen molar-refractivity contribution in [2.24, 2.45) is 5.92 Å². The van der Waals surface area contributed by atoms with Crippen LogP contribution in [-0.2, 0) is 9.59 Å². The number of carbonyl (C=O) groups excluding carboxylic acids is 2. The average Bonchev–Trinajstić information content (AvgIpc) is 3.13. The van der Waals surface area contributed by atoms with Gasteiger partial charge in [-0.05, 0) is 68.5 Å². The fourth-order valence-corrected chi connectivity index (χ4v) is 4.25. The molecule has 2 fully saturated rings. The van der Waals surface area contributed by atoms with Crippen LogP contribution >= 0.6 is 0 Å². The first-order valence-corrected chi connectivity index (χ1v) is 10.7. The van der Waals surface area contributed by atoms with Crippen molar-refractivity contribution in [1.82, 2.24) is 0 Å². The van der Waals surface area contributed by atoms with Crippen molar-refractivity contribution in [3.8, 4) is 0 Å². The number of aryl methyl sites for hydroxylation is 2. The van der Waals surface area contributed by atoms with E-state index in [9.17, 15) is 14.7 Å². The standard InChI is InChI=1S/C24H29N3O3/c1-16-7-8-18(15-17(16)2)27-14-11-20(24(27)30)23(29)25-21-5-3-4-6-22(21)26-12-9-19(28)10-13-26/h3-8,15,19-20,28H,9-14H2,1-2H3,(H,25,29). The highest BCUT2D eigenvalue weighted by Crippen LogP contribution is 2.31. The maximum Gasteiger partial charge on any atom is 0.239 e. The maximum absolute atomic E-state index is 13.0. The van der Waals surface area contributed by atoms with E-state index in [4.69, 9.17) is 0 Å². The number of hydrogen-bond donors (Lipinski definition) is 2. The third-order valence-corrected chi connectivity index (χ3v) is 6.29. The molecule has 2 N–H and O–H groups in total. The second-order valence-electron chi connectivity index (χ2n) is 8.32. The Morgan fingerprint density at radius 3 is 2.47 bits per heavy atom. The molecule has 2 saturated heterocycles. The fourth-order valence-electron chi connectivity index (χ4n) is 4.25. The molecule has 2 heterocycles. The topological polar surface area (TPSA) is 72.9 Å². The lowest BCUT2D eigenvalue weighted by molar-refractivity contribution is -0.129. The van der Waals surface area contributed by atoms with Crippen LogP contribution in [0.3, 0.4) is 0 Å². The summed E-state index contributed by atoms with van der Waals surface area (Å²) in [6, 6.07) is 13.6. The largest absolute Gasteiger partial charge is 0.393 e. The van der Waals surface area contributed by atoms with Gasteiger partial charge in [0.1, 0.15) is 5.92 Å². The lowest BCUT2D eigenvalue weighted by Crippen LogP contribution is -2.37. The second-order valence-corrected chi connectivity index (χ2v) is 8.32. The van der Waals surface area contributed by atoms with E-state index < -0.39 is 5.92 Å². The van der Waals surface area contributed by atoms with Gasteiger partial charge in [0.15, 0.2) is 0 Å². The Balaban J connectivity index is 1.47. The van der Waals surface area contributed by atoms with Crippen LogP contribution in [0.5, 0.6) is 0 Å². The summed E-state index contributed by atoms with van der Waals surface area (Å²) in [5.41, 5.74) is 4.83. The number of hydrogen-bond acceptors (Lipinski definition) is 4. The van der Waals surface area contributed by atoms with Crippen LogP contribution in [0.2, 0.25) is 0 Å². The zero-order valence-corrected chi connectivity index (χ0v) is 17.6. The monoisotopic (exact) mass is 407 g/mol. The Bertz CT molecular complexity index is 950. The third kappa shape index (κ3) is 4.05. The first-order chi connectivity index (χ1) is 14.4. The zero-order chi connectivity index (χ0) is 21.3. The van der Waals surface area contributed by atoms with Crippen molar-refractivity contribution >= 4 is 28.9 Å². The highest BCUT2D eigenvalue weighted by Gasteiger charge is 2.38. The Morgan fingerprint density at radius 1 is 1.00 bits per heavy atom. The van der Waals surface area contributed by atoms with E-state index in [0.29, 0.717) is 25.8 Å². The Kier molecular flexibility index (Phi) is 5.77. The molecule has 6 heteroatoms. The van der Waals surface area contributed by atoms with E-state index in [1.807, 2.05) is 56.3 Å². The van der Waals surface area contributed by atoms with E-state index >= 15 is 0 Å². The predicted molar refractivity (Wildman–Crippen MR) is 119 cm³/mol. The Morgan fingerprint density at radius 2 is 1.73 bits per heavy atom. The highest BCUT2D eigenvalue weighted by molar-refractivity contribution is 6.14. The van der Waals surface area contributed by atoms with Gasteiger partial charge in [0.05, 0.1) is 17.5 Å². The SMILES string of the molecule is Cc1ccc(N2CCC(C(=O)Nc3ccccc3N3CCC(O)CC3)C2=O)cc1C. The molecule has 0 aromatic heterocycles. The minimum absolute atomic E-state index is 0.144. The van der Waals surface area contributed by atoms with Crippen molar-refractivity contribution in [2.45, 2.75) is 39.2 Å². The third-order valence-electron chi connectivity index (χ3n) is 6.29. The van der Waals surface area contributed by atoms with Crippen LogP contribution in [-0.4, -0.2) is 42.7 Å². The molecular formula is C24H29N3O3. The fraction of sp³-hybridized carbons (Fsp3) is 0.417. The number of benzene rings is 2. The van der Waals surface area contributed by atoms with E-state index in [2.05, 4.69) is 10.2 Å². The molecule has 0 saturated carbocycles. The summed E-state index contributed by atoms with van der Waals surface area (Å²) in [6.07, 6.45) is 1.69.